The van der Waals surface area contributed by atoms with Gasteiger partial charge in [-0.1, -0.05) is 32.8 Å². The number of nitrogens with zero attached hydrogens (tertiary/aromatic N) is 1. The number of esters is 1. The second kappa shape index (κ2) is 11.0. The number of hydrogen-bond acceptors (Lipinski definition) is 2. The Kier molecular flexibility index (Phi) is 9.20. The summed E-state index contributed by atoms with van der Waals surface area (Å²) in [5.74, 6) is -0.277. The van der Waals surface area contributed by atoms with Crippen molar-refractivity contribution in [2.45, 2.75) is 65.3 Å². The number of unbranched alkanes of at least 4 members (excludes halogenated alkanes) is 4. The molecular weight excluding hydrogens is 274 g/mol. The van der Waals surface area contributed by atoms with Crippen LogP contribution in [0.15, 0.2) is 36.7 Å². The number of pyridine rings is 1. The normalized spacial score (nSPS) is 10.5. The fourth-order valence-corrected chi connectivity index (χ4v) is 2.28. The predicted molar refractivity (Wildman–Crippen MR) is 89.5 cm³/mol. The van der Waals surface area contributed by atoms with Crippen molar-refractivity contribution in [1.29, 1.82) is 0 Å². The van der Waals surface area contributed by atoms with Crippen molar-refractivity contribution in [3.05, 3.63) is 42.2 Å². The molecule has 122 valence electrons. The van der Waals surface area contributed by atoms with Crippen LogP contribution in [-0.4, -0.2) is 12.6 Å². The van der Waals surface area contributed by atoms with Gasteiger partial charge in [0.2, 0.25) is 0 Å². The minimum absolute atomic E-state index is 0.277. The van der Waals surface area contributed by atoms with E-state index in [2.05, 4.69) is 42.6 Å². The monoisotopic (exact) mass is 304 g/mol. The third-order valence-corrected chi connectivity index (χ3v) is 3.63. The molecule has 22 heavy (non-hydrogen) atoms. The highest BCUT2D eigenvalue weighted by Crippen LogP contribution is 2.07. The van der Waals surface area contributed by atoms with Gasteiger partial charge in [0.25, 0.3) is 0 Å². The Morgan fingerprint density at radius 2 is 2.00 bits per heavy atom. The molecular formula is C19H30NO2+. The van der Waals surface area contributed by atoms with Crippen LogP contribution in [0.5, 0.6) is 0 Å². The van der Waals surface area contributed by atoms with Gasteiger partial charge in [0.1, 0.15) is 6.54 Å². The van der Waals surface area contributed by atoms with E-state index >= 15 is 0 Å². The summed E-state index contributed by atoms with van der Waals surface area (Å²) in [5.41, 5.74) is 1.88. The summed E-state index contributed by atoms with van der Waals surface area (Å²) in [5, 5.41) is 0. The van der Waals surface area contributed by atoms with Gasteiger partial charge < -0.3 is 4.74 Å². The van der Waals surface area contributed by atoms with E-state index in [0.29, 0.717) is 12.2 Å². The van der Waals surface area contributed by atoms with Gasteiger partial charge in [-0.3, -0.25) is 0 Å². The van der Waals surface area contributed by atoms with Crippen molar-refractivity contribution in [2.75, 3.05) is 6.61 Å². The Hall–Kier alpha value is -1.64. The van der Waals surface area contributed by atoms with Crippen LogP contribution < -0.4 is 4.57 Å². The lowest BCUT2D eigenvalue weighted by Crippen LogP contribution is -2.33. The molecule has 0 radical (unpaired) electrons. The summed E-state index contributed by atoms with van der Waals surface area (Å²) < 4.78 is 7.37. The zero-order valence-electron chi connectivity index (χ0n) is 14.1. The van der Waals surface area contributed by atoms with E-state index in [9.17, 15) is 4.79 Å². The molecule has 0 aliphatic carbocycles. The first-order chi connectivity index (χ1) is 10.6. The predicted octanol–water partition coefficient (Wildman–Crippen LogP) is 4.00. The second-order valence-corrected chi connectivity index (χ2v) is 5.88. The van der Waals surface area contributed by atoms with Gasteiger partial charge >= 0.3 is 5.97 Å². The first kappa shape index (κ1) is 18.4. The maximum atomic E-state index is 11.2. The molecule has 3 nitrogen and oxygen atoms in total. The number of carbonyl (C=O) groups is 1. The van der Waals surface area contributed by atoms with Crippen LogP contribution in [0, 0.1) is 0 Å². The van der Waals surface area contributed by atoms with Crippen molar-refractivity contribution >= 4 is 5.97 Å². The maximum absolute atomic E-state index is 11.2. The van der Waals surface area contributed by atoms with E-state index in [1.165, 1.54) is 31.2 Å². The van der Waals surface area contributed by atoms with Crippen molar-refractivity contribution in [3.63, 3.8) is 0 Å². The van der Waals surface area contributed by atoms with Crippen molar-refractivity contribution < 1.29 is 14.1 Å². The Labute approximate surface area is 135 Å². The average molecular weight is 304 g/mol. The fraction of sp³-hybridized carbons (Fsp3) is 0.579. The van der Waals surface area contributed by atoms with Gasteiger partial charge in [0, 0.05) is 23.6 Å². The molecule has 0 amide bonds. The molecule has 0 spiro atoms. The lowest BCUT2D eigenvalue weighted by atomic mass is 10.1. The third kappa shape index (κ3) is 7.96. The third-order valence-electron chi connectivity index (χ3n) is 3.63. The summed E-state index contributed by atoms with van der Waals surface area (Å²) in [6, 6.07) is 4.35. The zero-order valence-corrected chi connectivity index (χ0v) is 14.1. The SMILES string of the molecule is C=C(C)C(=O)OCCCCCCc1ccc[n+](CCCC)c1. The molecule has 0 saturated carbocycles. The first-order valence-electron chi connectivity index (χ1n) is 8.44. The summed E-state index contributed by atoms with van der Waals surface area (Å²) in [6.45, 7) is 9.08. The molecule has 1 heterocycles. The topological polar surface area (TPSA) is 30.2 Å². The van der Waals surface area contributed by atoms with Crippen molar-refractivity contribution in [2.24, 2.45) is 0 Å². The maximum Gasteiger partial charge on any atom is 0.333 e. The Morgan fingerprint density at radius 3 is 2.73 bits per heavy atom. The van der Waals surface area contributed by atoms with Gasteiger partial charge in [-0.25, -0.2) is 9.36 Å². The number of rotatable bonds is 11. The Morgan fingerprint density at radius 1 is 1.23 bits per heavy atom. The molecule has 0 N–H and O–H groups in total. The van der Waals surface area contributed by atoms with Crippen LogP contribution in [0.1, 0.15) is 57.9 Å². The van der Waals surface area contributed by atoms with Gasteiger partial charge in [-0.05, 0) is 32.3 Å². The molecule has 0 atom stereocenters. The molecule has 0 aliphatic rings. The minimum Gasteiger partial charge on any atom is -0.462 e. The van der Waals surface area contributed by atoms with E-state index in [0.717, 1.165) is 25.8 Å². The van der Waals surface area contributed by atoms with E-state index in [1.54, 1.807) is 6.92 Å². The van der Waals surface area contributed by atoms with Gasteiger partial charge in [-0.15, -0.1) is 0 Å². The Balaban J connectivity index is 2.12. The molecule has 1 rings (SSSR count). The van der Waals surface area contributed by atoms with E-state index < -0.39 is 0 Å². The van der Waals surface area contributed by atoms with E-state index in [4.69, 9.17) is 4.74 Å². The van der Waals surface area contributed by atoms with Crippen molar-refractivity contribution in [3.8, 4) is 0 Å². The van der Waals surface area contributed by atoms with E-state index in [1.807, 2.05) is 0 Å². The number of aromatic nitrogens is 1. The lowest BCUT2D eigenvalue weighted by Gasteiger charge is -2.04. The van der Waals surface area contributed by atoms with E-state index in [-0.39, 0.29) is 5.97 Å². The zero-order chi connectivity index (χ0) is 16.2. The van der Waals surface area contributed by atoms with Crippen LogP contribution in [0.4, 0.5) is 0 Å². The number of ether oxygens (including phenoxy) is 1. The van der Waals surface area contributed by atoms with Gasteiger partial charge in [-0.2, -0.15) is 0 Å². The molecule has 1 aromatic heterocycles. The van der Waals surface area contributed by atoms with Crippen LogP contribution in [0.25, 0.3) is 0 Å². The highest BCUT2D eigenvalue weighted by Gasteiger charge is 2.03. The second-order valence-electron chi connectivity index (χ2n) is 5.88. The number of aryl methyl sites for hydroxylation is 2. The van der Waals surface area contributed by atoms with Gasteiger partial charge in [0.15, 0.2) is 12.4 Å². The quantitative estimate of drug-likeness (QED) is 0.268. The summed E-state index contributed by atoms with van der Waals surface area (Å²) in [4.78, 5) is 11.2. The van der Waals surface area contributed by atoms with Crippen LogP contribution in [-0.2, 0) is 22.5 Å². The fourth-order valence-electron chi connectivity index (χ4n) is 2.28. The molecule has 0 saturated heterocycles. The highest BCUT2D eigenvalue weighted by atomic mass is 16.5. The van der Waals surface area contributed by atoms with Crippen molar-refractivity contribution in [1.82, 2.24) is 0 Å². The van der Waals surface area contributed by atoms with Gasteiger partial charge in [0.05, 0.1) is 6.61 Å². The highest BCUT2D eigenvalue weighted by molar-refractivity contribution is 5.86. The molecule has 3 heteroatoms. The smallest absolute Gasteiger partial charge is 0.333 e. The number of hydrogen-bond donors (Lipinski definition) is 0. The molecule has 0 bridgehead atoms. The molecule has 0 unspecified atom stereocenters. The largest absolute Gasteiger partial charge is 0.462 e. The summed E-state index contributed by atoms with van der Waals surface area (Å²) in [7, 11) is 0. The number of carbonyl (C=O) groups excluding carboxylic acids is 1. The minimum atomic E-state index is -0.277. The lowest BCUT2D eigenvalue weighted by molar-refractivity contribution is -0.697. The first-order valence-corrected chi connectivity index (χ1v) is 8.44. The van der Waals surface area contributed by atoms with Crippen LogP contribution in [0.2, 0.25) is 0 Å². The molecule has 1 aromatic rings. The average Bonchev–Trinajstić information content (AvgIpc) is 2.52. The molecule has 0 aromatic carbocycles. The molecule has 0 fully saturated rings. The van der Waals surface area contributed by atoms with Crippen LogP contribution >= 0.6 is 0 Å². The standard InChI is InChI=1S/C19H30NO2/c1-4-5-13-20-14-10-12-18(16-20)11-8-6-7-9-15-22-19(21)17(2)3/h10,12,14,16H,2,4-9,11,13,15H2,1,3H3/q+1. The van der Waals surface area contributed by atoms with Crippen LogP contribution in [0.3, 0.4) is 0 Å². The Bertz CT molecular complexity index is 468. The molecule has 0 aliphatic heterocycles. The summed E-state index contributed by atoms with van der Waals surface area (Å²) in [6.07, 6.45) is 12.4. The summed E-state index contributed by atoms with van der Waals surface area (Å²) >= 11 is 0.